The van der Waals surface area contributed by atoms with Gasteiger partial charge in [-0.1, -0.05) is 39.3 Å². The van der Waals surface area contributed by atoms with Gasteiger partial charge in [0.1, 0.15) is 5.75 Å². The van der Waals surface area contributed by atoms with Crippen LogP contribution in [-0.4, -0.2) is 81.5 Å². The number of likely N-dealkylation sites (N-methyl/N-ethyl adjacent to an activating group) is 1. The highest BCUT2D eigenvalue weighted by molar-refractivity contribution is 5.77. The molecule has 31 heavy (non-hydrogen) atoms. The number of morpholine rings is 1. The highest BCUT2D eigenvalue weighted by Gasteiger charge is 2.18. The first kappa shape index (κ1) is 26.7. The zero-order valence-electron chi connectivity index (χ0n) is 19.7. The fraction of sp³-hybridized carbons (Fsp3) is 0.652. The molecule has 1 fully saturated rings. The molecule has 0 spiro atoms. The number of amides is 2. The van der Waals surface area contributed by atoms with Crippen molar-refractivity contribution in [1.82, 2.24) is 15.1 Å². The SMILES string of the molecule is CCC.CCN(CCNC(=O)OC)C(C)c1ccc(OCC(=O)N2CCOCC2)cc1. The van der Waals surface area contributed by atoms with E-state index in [0.717, 1.165) is 18.7 Å². The van der Waals surface area contributed by atoms with Crippen molar-refractivity contribution in [3.8, 4) is 5.75 Å². The van der Waals surface area contributed by atoms with Crippen molar-refractivity contribution in [2.75, 3.05) is 59.7 Å². The Labute approximate surface area is 186 Å². The lowest BCUT2D eigenvalue weighted by Gasteiger charge is -2.28. The van der Waals surface area contributed by atoms with Gasteiger partial charge in [-0.05, 0) is 31.2 Å². The molecule has 1 N–H and O–H groups in total. The zero-order chi connectivity index (χ0) is 23.1. The first-order valence-corrected chi connectivity index (χ1v) is 11.1. The Bertz CT molecular complexity index is 633. The van der Waals surface area contributed by atoms with Crippen LogP contribution in [0.5, 0.6) is 5.75 Å². The molecule has 2 amide bonds. The van der Waals surface area contributed by atoms with Gasteiger partial charge in [0.15, 0.2) is 6.61 Å². The topological polar surface area (TPSA) is 80.3 Å². The van der Waals surface area contributed by atoms with E-state index in [1.165, 1.54) is 13.5 Å². The van der Waals surface area contributed by atoms with E-state index in [9.17, 15) is 9.59 Å². The van der Waals surface area contributed by atoms with Crippen molar-refractivity contribution in [1.29, 1.82) is 0 Å². The summed E-state index contributed by atoms with van der Waals surface area (Å²) in [5.74, 6) is 0.656. The fourth-order valence-electron chi connectivity index (χ4n) is 3.10. The van der Waals surface area contributed by atoms with Gasteiger partial charge in [0.05, 0.1) is 20.3 Å². The summed E-state index contributed by atoms with van der Waals surface area (Å²) >= 11 is 0. The minimum atomic E-state index is -0.420. The molecular weight excluding hydrogens is 398 g/mol. The largest absolute Gasteiger partial charge is 0.484 e. The fourth-order valence-corrected chi connectivity index (χ4v) is 3.10. The molecule has 2 rings (SSSR count). The monoisotopic (exact) mass is 437 g/mol. The van der Waals surface area contributed by atoms with Gasteiger partial charge in [0, 0.05) is 32.2 Å². The first-order chi connectivity index (χ1) is 15.0. The van der Waals surface area contributed by atoms with E-state index >= 15 is 0 Å². The number of hydrogen-bond acceptors (Lipinski definition) is 6. The van der Waals surface area contributed by atoms with Crippen molar-refractivity contribution < 1.29 is 23.8 Å². The Hall–Kier alpha value is -2.32. The molecule has 1 aliphatic heterocycles. The van der Waals surface area contributed by atoms with Crippen LogP contribution in [0.2, 0.25) is 0 Å². The molecule has 1 heterocycles. The summed E-state index contributed by atoms with van der Waals surface area (Å²) in [5.41, 5.74) is 1.15. The van der Waals surface area contributed by atoms with E-state index < -0.39 is 6.09 Å². The molecule has 1 unspecified atom stereocenters. The minimum absolute atomic E-state index is 0.0176. The summed E-state index contributed by atoms with van der Waals surface area (Å²) in [5, 5.41) is 2.70. The Morgan fingerprint density at radius 2 is 1.77 bits per heavy atom. The van der Waals surface area contributed by atoms with Crippen LogP contribution in [0.15, 0.2) is 24.3 Å². The Morgan fingerprint density at radius 1 is 1.16 bits per heavy atom. The standard InChI is InChI=1S/C20H31N3O5.C3H8/c1-4-22(10-9-21-20(25)26-3)16(2)17-5-7-18(8-6-17)28-15-19(24)23-11-13-27-14-12-23;1-3-2/h5-8,16H,4,9-15H2,1-3H3,(H,21,25);3H2,1-2H3. The molecule has 0 aromatic heterocycles. The van der Waals surface area contributed by atoms with Crippen LogP contribution in [0, 0.1) is 0 Å². The van der Waals surface area contributed by atoms with Crippen LogP contribution in [-0.2, 0) is 14.3 Å². The highest BCUT2D eigenvalue weighted by Crippen LogP contribution is 2.22. The molecular formula is C23H39N3O5. The predicted octanol–water partition coefficient (Wildman–Crippen LogP) is 3.08. The van der Waals surface area contributed by atoms with Crippen LogP contribution < -0.4 is 10.1 Å². The van der Waals surface area contributed by atoms with E-state index in [1.807, 2.05) is 24.3 Å². The second-order valence-electron chi connectivity index (χ2n) is 7.28. The molecule has 1 atom stereocenters. The summed E-state index contributed by atoms with van der Waals surface area (Å²) in [6.07, 6.45) is 0.830. The maximum Gasteiger partial charge on any atom is 0.406 e. The molecule has 0 bridgehead atoms. The number of rotatable bonds is 9. The normalized spacial score (nSPS) is 14.3. The number of benzene rings is 1. The van der Waals surface area contributed by atoms with E-state index in [2.05, 4.69) is 42.6 Å². The summed E-state index contributed by atoms with van der Waals surface area (Å²) in [6, 6.07) is 7.98. The number of carbonyl (C=O) groups is 2. The van der Waals surface area contributed by atoms with Crippen molar-refractivity contribution in [3.05, 3.63) is 29.8 Å². The van der Waals surface area contributed by atoms with Gasteiger partial charge < -0.3 is 24.4 Å². The van der Waals surface area contributed by atoms with Crippen molar-refractivity contribution >= 4 is 12.0 Å². The average molecular weight is 438 g/mol. The summed E-state index contributed by atoms with van der Waals surface area (Å²) in [4.78, 5) is 27.3. The Balaban J connectivity index is 0.00000151. The van der Waals surface area contributed by atoms with E-state index in [-0.39, 0.29) is 18.6 Å². The lowest BCUT2D eigenvalue weighted by molar-refractivity contribution is -0.137. The summed E-state index contributed by atoms with van der Waals surface area (Å²) in [7, 11) is 1.35. The smallest absolute Gasteiger partial charge is 0.406 e. The van der Waals surface area contributed by atoms with Crippen LogP contribution in [0.3, 0.4) is 0 Å². The number of carbonyl (C=O) groups excluding carboxylic acids is 2. The molecule has 1 saturated heterocycles. The molecule has 1 aliphatic rings. The molecule has 8 heteroatoms. The zero-order valence-corrected chi connectivity index (χ0v) is 19.7. The van der Waals surface area contributed by atoms with Gasteiger partial charge in [-0.3, -0.25) is 9.69 Å². The molecule has 8 nitrogen and oxygen atoms in total. The van der Waals surface area contributed by atoms with Crippen molar-refractivity contribution in [2.45, 2.75) is 40.2 Å². The molecule has 0 saturated carbocycles. The second kappa shape index (κ2) is 15.5. The Kier molecular flexibility index (Phi) is 13.3. The molecule has 0 radical (unpaired) electrons. The van der Waals surface area contributed by atoms with Crippen molar-refractivity contribution in [3.63, 3.8) is 0 Å². The number of methoxy groups -OCH3 is 1. The van der Waals surface area contributed by atoms with Crippen LogP contribution in [0.25, 0.3) is 0 Å². The lowest BCUT2D eigenvalue weighted by atomic mass is 10.1. The van der Waals surface area contributed by atoms with E-state index in [4.69, 9.17) is 9.47 Å². The number of ether oxygens (including phenoxy) is 3. The summed E-state index contributed by atoms with van der Waals surface area (Å²) < 4.78 is 15.5. The third kappa shape index (κ3) is 10.0. The first-order valence-electron chi connectivity index (χ1n) is 11.1. The molecule has 176 valence electrons. The van der Waals surface area contributed by atoms with Gasteiger partial charge in [-0.15, -0.1) is 0 Å². The number of hydrogen-bond donors (Lipinski definition) is 1. The van der Waals surface area contributed by atoms with Gasteiger partial charge >= 0.3 is 6.09 Å². The average Bonchev–Trinajstić information content (AvgIpc) is 2.81. The molecule has 0 aliphatic carbocycles. The maximum absolute atomic E-state index is 12.1. The van der Waals surface area contributed by atoms with Gasteiger partial charge in [-0.25, -0.2) is 4.79 Å². The third-order valence-corrected chi connectivity index (χ3v) is 4.90. The van der Waals surface area contributed by atoms with Gasteiger partial charge in [0.2, 0.25) is 0 Å². The van der Waals surface area contributed by atoms with Crippen LogP contribution >= 0.6 is 0 Å². The quantitative estimate of drug-likeness (QED) is 0.640. The van der Waals surface area contributed by atoms with E-state index in [0.29, 0.717) is 38.6 Å². The van der Waals surface area contributed by atoms with Crippen LogP contribution in [0.4, 0.5) is 4.79 Å². The van der Waals surface area contributed by atoms with Gasteiger partial charge in [-0.2, -0.15) is 0 Å². The summed E-state index contributed by atoms with van der Waals surface area (Å²) in [6.45, 7) is 13.0. The number of alkyl carbamates (subject to hydrolysis) is 1. The third-order valence-electron chi connectivity index (χ3n) is 4.90. The Morgan fingerprint density at radius 3 is 2.32 bits per heavy atom. The minimum Gasteiger partial charge on any atom is -0.484 e. The number of nitrogens with zero attached hydrogens (tertiary/aromatic N) is 2. The molecule has 1 aromatic carbocycles. The number of nitrogens with one attached hydrogen (secondary N) is 1. The van der Waals surface area contributed by atoms with Crippen LogP contribution in [0.1, 0.15) is 45.7 Å². The lowest BCUT2D eigenvalue weighted by Crippen LogP contribution is -2.42. The maximum atomic E-state index is 12.1. The predicted molar refractivity (Wildman–Crippen MR) is 121 cm³/mol. The highest BCUT2D eigenvalue weighted by atomic mass is 16.5. The van der Waals surface area contributed by atoms with Crippen molar-refractivity contribution in [2.24, 2.45) is 0 Å². The van der Waals surface area contributed by atoms with E-state index in [1.54, 1.807) is 4.90 Å². The second-order valence-corrected chi connectivity index (χ2v) is 7.28. The van der Waals surface area contributed by atoms with Gasteiger partial charge in [0.25, 0.3) is 5.91 Å². The molecule has 1 aromatic rings.